The van der Waals surface area contributed by atoms with Crippen molar-refractivity contribution in [1.29, 1.82) is 0 Å². The van der Waals surface area contributed by atoms with Crippen LogP contribution in [0.25, 0.3) is 0 Å². The molecule has 5 heteroatoms. The number of rotatable bonds is 4. The predicted octanol–water partition coefficient (Wildman–Crippen LogP) is 4.63. The lowest BCUT2D eigenvalue weighted by Gasteiger charge is -2.29. The van der Waals surface area contributed by atoms with Crippen molar-refractivity contribution in [3.05, 3.63) is 69.9 Å². The summed E-state index contributed by atoms with van der Waals surface area (Å²) in [4.78, 5) is 12.4. The van der Waals surface area contributed by atoms with Gasteiger partial charge in [0.15, 0.2) is 0 Å². The highest BCUT2D eigenvalue weighted by Crippen LogP contribution is 2.25. The molecule has 1 atom stereocenters. The van der Waals surface area contributed by atoms with E-state index in [1.54, 1.807) is 0 Å². The Morgan fingerprint density at radius 2 is 1.90 bits per heavy atom. The number of halogens is 3. The Bertz CT molecular complexity index is 648. The second-order valence-corrected chi connectivity index (χ2v) is 6.33. The molecule has 2 aromatic carbocycles. The normalized spacial score (nSPS) is 13.5. The van der Waals surface area contributed by atoms with Gasteiger partial charge in [-0.05, 0) is 46.6 Å². The van der Waals surface area contributed by atoms with Gasteiger partial charge in [-0.2, -0.15) is 0 Å². The van der Waals surface area contributed by atoms with Crippen LogP contribution in [0.15, 0.2) is 53.0 Å². The van der Waals surface area contributed by atoms with Gasteiger partial charge in [-0.3, -0.25) is 4.79 Å². The maximum Gasteiger partial charge on any atom is 0.253 e. The molecule has 0 saturated carbocycles. The van der Waals surface area contributed by atoms with Crippen molar-refractivity contribution in [2.75, 3.05) is 5.33 Å². The lowest BCUT2D eigenvalue weighted by atomic mass is 9.94. The largest absolute Gasteiger partial charge is 0.342 e. The van der Waals surface area contributed by atoms with Crippen molar-refractivity contribution in [3.8, 4) is 0 Å². The summed E-state index contributed by atoms with van der Waals surface area (Å²) in [6, 6.07) is 13.7. The first-order valence-corrected chi connectivity index (χ1v) is 8.27. The van der Waals surface area contributed by atoms with Gasteiger partial charge < -0.3 is 5.32 Å². The molecular weight excluding hydrogens is 401 g/mol. The molecule has 2 nitrogen and oxygen atoms in total. The number of alkyl halides is 1. The Balaban J connectivity index is 2.30. The van der Waals surface area contributed by atoms with Crippen molar-refractivity contribution in [2.45, 2.75) is 12.5 Å². The number of amides is 1. The van der Waals surface area contributed by atoms with Crippen molar-refractivity contribution in [1.82, 2.24) is 5.32 Å². The van der Waals surface area contributed by atoms with Crippen LogP contribution in [0.2, 0.25) is 0 Å². The van der Waals surface area contributed by atoms with Crippen LogP contribution in [-0.4, -0.2) is 11.2 Å². The molecule has 0 bridgehead atoms. The molecular formula is C16H14Br2FNO. The molecule has 0 fully saturated rings. The molecule has 1 amide bonds. The van der Waals surface area contributed by atoms with E-state index >= 15 is 0 Å². The van der Waals surface area contributed by atoms with E-state index in [0.717, 1.165) is 5.56 Å². The fourth-order valence-corrected chi connectivity index (χ4v) is 2.87. The molecule has 0 aliphatic carbocycles. The summed E-state index contributed by atoms with van der Waals surface area (Å²) >= 11 is 6.72. The molecule has 1 N–H and O–H groups in total. The van der Waals surface area contributed by atoms with E-state index in [1.165, 1.54) is 18.2 Å². The zero-order chi connectivity index (χ0) is 15.5. The van der Waals surface area contributed by atoms with Gasteiger partial charge in [-0.25, -0.2) is 4.39 Å². The van der Waals surface area contributed by atoms with Gasteiger partial charge in [0.2, 0.25) is 0 Å². The summed E-state index contributed by atoms with van der Waals surface area (Å²) in [5.41, 5.74) is 0.672. The number of carbonyl (C=O) groups is 1. The zero-order valence-electron chi connectivity index (χ0n) is 11.4. The summed E-state index contributed by atoms with van der Waals surface area (Å²) < 4.78 is 13.9. The van der Waals surface area contributed by atoms with Crippen molar-refractivity contribution in [3.63, 3.8) is 0 Å². The first-order chi connectivity index (χ1) is 9.96. The Kier molecular flexibility index (Phi) is 5.17. The van der Waals surface area contributed by atoms with Gasteiger partial charge in [-0.1, -0.05) is 46.3 Å². The third-order valence-corrected chi connectivity index (χ3v) is 5.05. The molecule has 0 aromatic heterocycles. The Morgan fingerprint density at radius 3 is 2.52 bits per heavy atom. The van der Waals surface area contributed by atoms with E-state index in [-0.39, 0.29) is 11.5 Å². The van der Waals surface area contributed by atoms with E-state index in [1.807, 2.05) is 37.3 Å². The number of hydrogen-bond donors (Lipinski definition) is 1. The molecule has 0 spiro atoms. The second-order valence-electron chi connectivity index (χ2n) is 4.91. The molecule has 0 aliphatic rings. The minimum atomic E-state index is -0.579. The summed E-state index contributed by atoms with van der Waals surface area (Å²) in [5.74, 6) is -0.768. The van der Waals surface area contributed by atoms with Crippen molar-refractivity contribution >= 4 is 37.8 Å². The fourth-order valence-electron chi connectivity index (χ4n) is 1.98. The van der Waals surface area contributed by atoms with E-state index in [2.05, 4.69) is 37.2 Å². The minimum absolute atomic E-state index is 0.276. The van der Waals surface area contributed by atoms with E-state index < -0.39 is 11.4 Å². The van der Waals surface area contributed by atoms with Crippen LogP contribution in [0.4, 0.5) is 4.39 Å². The lowest BCUT2D eigenvalue weighted by Crippen LogP contribution is -2.45. The standard InChI is InChI=1S/C16H14Br2FNO/c1-16(10-17,11-5-3-2-4-6-11)20-15(21)13-9-12(19)7-8-14(13)18/h2-9H,10H2,1H3,(H,20,21). The molecule has 110 valence electrons. The summed E-state index contributed by atoms with van der Waals surface area (Å²) in [7, 11) is 0. The predicted molar refractivity (Wildman–Crippen MR) is 89.2 cm³/mol. The molecule has 2 rings (SSSR count). The van der Waals surface area contributed by atoms with Crippen LogP contribution in [-0.2, 0) is 5.54 Å². The molecule has 21 heavy (non-hydrogen) atoms. The van der Waals surface area contributed by atoms with E-state index in [0.29, 0.717) is 9.80 Å². The average molecular weight is 415 g/mol. The van der Waals surface area contributed by atoms with E-state index in [4.69, 9.17) is 0 Å². The first-order valence-electron chi connectivity index (χ1n) is 6.35. The molecule has 2 aromatic rings. The van der Waals surface area contributed by atoms with Crippen LogP contribution in [0.3, 0.4) is 0 Å². The average Bonchev–Trinajstić information content (AvgIpc) is 2.50. The minimum Gasteiger partial charge on any atom is -0.342 e. The van der Waals surface area contributed by atoms with Crippen LogP contribution in [0.5, 0.6) is 0 Å². The van der Waals surface area contributed by atoms with Crippen molar-refractivity contribution in [2.24, 2.45) is 0 Å². The van der Waals surface area contributed by atoms with Crippen LogP contribution in [0.1, 0.15) is 22.8 Å². The van der Waals surface area contributed by atoms with Crippen LogP contribution >= 0.6 is 31.9 Å². The monoisotopic (exact) mass is 413 g/mol. The van der Waals surface area contributed by atoms with E-state index in [9.17, 15) is 9.18 Å². The summed E-state index contributed by atoms with van der Waals surface area (Å²) in [6.45, 7) is 1.92. The quantitative estimate of drug-likeness (QED) is 0.726. The van der Waals surface area contributed by atoms with Gasteiger partial charge in [0, 0.05) is 9.80 Å². The highest BCUT2D eigenvalue weighted by molar-refractivity contribution is 9.10. The summed E-state index contributed by atoms with van der Waals surface area (Å²) in [5, 5.41) is 3.51. The number of carbonyl (C=O) groups excluding carboxylic acids is 1. The Morgan fingerprint density at radius 1 is 1.24 bits per heavy atom. The maximum absolute atomic E-state index is 13.3. The Labute approximate surface area is 140 Å². The molecule has 0 radical (unpaired) electrons. The lowest BCUT2D eigenvalue weighted by molar-refractivity contribution is 0.0913. The molecule has 0 aliphatic heterocycles. The number of hydrogen-bond acceptors (Lipinski definition) is 1. The SMILES string of the molecule is CC(CBr)(NC(=O)c1cc(F)ccc1Br)c1ccccc1. The Hall–Kier alpha value is -1.20. The number of benzene rings is 2. The van der Waals surface area contributed by atoms with Crippen LogP contribution < -0.4 is 5.32 Å². The fraction of sp³-hybridized carbons (Fsp3) is 0.188. The third-order valence-electron chi connectivity index (χ3n) is 3.24. The zero-order valence-corrected chi connectivity index (χ0v) is 14.5. The first kappa shape index (κ1) is 16.2. The summed E-state index contributed by atoms with van der Waals surface area (Å²) in [6.07, 6.45) is 0. The van der Waals surface area contributed by atoms with Gasteiger partial charge in [0.25, 0.3) is 5.91 Å². The van der Waals surface area contributed by atoms with Crippen LogP contribution in [0, 0.1) is 5.82 Å². The van der Waals surface area contributed by atoms with Gasteiger partial charge in [0.1, 0.15) is 5.82 Å². The second kappa shape index (κ2) is 6.71. The third kappa shape index (κ3) is 3.71. The molecule has 0 heterocycles. The molecule has 1 unspecified atom stereocenters. The van der Waals surface area contributed by atoms with Gasteiger partial charge in [-0.15, -0.1) is 0 Å². The van der Waals surface area contributed by atoms with Crippen molar-refractivity contribution < 1.29 is 9.18 Å². The highest BCUT2D eigenvalue weighted by atomic mass is 79.9. The van der Waals surface area contributed by atoms with Gasteiger partial charge in [0.05, 0.1) is 11.1 Å². The smallest absolute Gasteiger partial charge is 0.253 e. The van der Waals surface area contributed by atoms with Gasteiger partial charge >= 0.3 is 0 Å². The highest BCUT2D eigenvalue weighted by Gasteiger charge is 2.28. The topological polar surface area (TPSA) is 29.1 Å². The molecule has 0 saturated heterocycles. The maximum atomic E-state index is 13.3. The number of nitrogens with one attached hydrogen (secondary N) is 1.